The second-order valence-corrected chi connectivity index (χ2v) is 11.8. The maximum absolute atomic E-state index is 13.4. The molecule has 0 aliphatic carbocycles. The molecule has 200 valence electrons. The van der Waals surface area contributed by atoms with Crippen LogP contribution in [0.25, 0.3) is 0 Å². The monoisotopic (exact) mass is 535 g/mol. The predicted octanol–water partition coefficient (Wildman–Crippen LogP) is 3.98. The second kappa shape index (κ2) is 11.2. The molecule has 3 atom stereocenters. The topological polar surface area (TPSA) is 89.0 Å². The predicted molar refractivity (Wildman–Crippen MR) is 144 cm³/mol. The van der Waals surface area contributed by atoms with Gasteiger partial charge in [-0.2, -0.15) is 4.31 Å². The molecule has 0 radical (unpaired) electrons. The third-order valence-corrected chi connectivity index (χ3v) is 9.16. The van der Waals surface area contributed by atoms with E-state index in [1.165, 1.54) is 0 Å². The average molecular weight is 536 g/mol. The minimum Gasteiger partial charge on any atom is -0.486 e. The molecule has 2 aliphatic rings. The van der Waals surface area contributed by atoms with Gasteiger partial charge in [0, 0.05) is 25.4 Å². The fraction of sp³-hybridized carbons (Fsp3) is 0.379. The summed E-state index contributed by atoms with van der Waals surface area (Å²) >= 11 is 0. The number of aryl methyl sites for hydroxylation is 1. The number of ether oxygens (including phenoxy) is 2. The van der Waals surface area contributed by atoms with Gasteiger partial charge >= 0.3 is 0 Å². The highest BCUT2D eigenvalue weighted by molar-refractivity contribution is 7.88. The summed E-state index contributed by atoms with van der Waals surface area (Å²) in [5.41, 5.74) is 3.02. The van der Waals surface area contributed by atoms with Gasteiger partial charge in [-0.1, -0.05) is 36.4 Å². The Balaban J connectivity index is 1.28. The summed E-state index contributed by atoms with van der Waals surface area (Å²) in [7, 11) is -1.95. The summed E-state index contributed by atoms with van der Waals surface area (Å²) in [4.78, 5) is 19.3. The van der Waals surface area contributed by atoms with Gasteiger partial charge in [-0.05, 0) is 61.2 Å². The summed E-state index contributed by atoms with van der Waals surface area (Å²) in [6.45, 7) is 3.22. The number of sulfonamides is 1. The van der Waals surface area contributed by atoms with Crippen LogP contribution in [0.4, 0.5) is 0 Å². The van der Waals surface area contributed by atoms with Crippen LogP contribution < -0.4 is 4.74 Å². The van der Waals surface area contributed by atoms with Crippen LogP contribution in [0.5, 0.6) is 5.75 Å². The second-order valence-electron chi connectivity index (χ2n) is 9.88. The van der Waals surface area contributed by atoms with Crippen molar-refractivity contribution in [2.24, 2.45) is 0 Å². The van der Waals surface area contributed by atoms with E-state index in [2.05, 4.69) is 4.98 Å². The van der Waals surface area contributed by atoms with Crippen LogP contribution >= 0.6 is 0 Å². The molecule has 2 saturated heterocycles. The van der Waals surface area contributed by atoms with Crippen molar-refractivity contribution in [1.82, 2.24) is 14.2 Å². The molecular weight excluding hydrogens is 502 g/mol. The lowest BCUT2D eigenvalue weighted by Crippen LogP contribution is -2.32. The molecule has 2 fully saturated rings. The minimum atomic E-state index is -3.56. The van der Waals surface area contributed by atoms with Gasteiger partial charge < -0.3 is 14.4 Å². The molecule has 1 unspecified atom stereocenters. The van der Waals surface area contributed by atoms with Crippen molar-refractivity contribution in [3.63, 3.8) is 0 Å². The number of carbonyl (C=O) groups excluding carboxylic acids is 1. The smallest absolute Gasteiger partial charge is 0.254 e. The van der Waals surface area contributed by atoms with Gasteiger partial charge in [0.2, 0.25) is 10.0 Å². The SMILES string of the molecule is CO[C@@H]1CN(C(=O)c2ccccc2C)C[C@H]1Oc1cccc(CS(=O)(=O)N2CCCC2c2ccccn2)c1. The van der Waals surface area contributed by atoms with Crippen molar-refractivity contribution in [3.05, 3.63) is 95.3 Å². The lowest BCUT2D eigenvalue weighted by molar-refractivity contribution is 0.0339. The molecule has 0 bridgehead atoms. The summed E-state index contributed by atoms with van der Waals surface area (Å²) in [5, 5.41) is 0. The van der Waals surface area contributed by atoms with Gasteiger partial charge in [0.05, 0.1) is 30.6 Å². The number of aromatic nitrogens is 1. The van der Waals surface area contributed by atoms with E-state index in [9.17, 15) is 13.2 Å². The van der Waals surface area contributed by atoms with Crippen molar-refractivity contribution < 1.29 is 22.7 Å². The van der Waals surface area contributed by atoms with Crippen LogP contribution in [-0.2, 0) is 20.5 Å². The number of benzene rings is 2. The van der Waals surface area contributed by atoms with Gasteiger partial charge in [0.1, 0.15) is 18.0 Å². The molecule has 3 aromatic rings. The molecule has 9 heteroatoms. The summed E-state index contributed by atoms with van der Waals surface area (Å²) < 4.78 is 40.3. The number of hydrogen-bond acceptors (Lipinski definition) is 6. The van der Waals surface area contributed by atoms with E-state index in [-0.39, 0.29) is 29.9 Å². The number of carbonyl (C=O) groups is 1. The number of likely N-dealkylation sites (tertiary alicyclic amines) is 1. The van der Waals surface area contributed by atoms with Gasteiger partial charge in [-0.15, -0.1) is 0 Å². The summed E-state index contributed by atoms with van der Waals surface area (Å²) in [6.07, 6.45) is 2.61. The Hall–Kier alpha value is -3.27. The molecule has 0 N–H and O–H groups in total. The Labute approximate surface area is 224 Å². The highest BCUT2D eigenvalue weighted by atomic mass is 32.2. The number of amides is 1. The lowest BCUT2D eigenvalue weighted by atomic mass is 10.1. The Morgan fingerprint density at radius 3 is 2.58 bits per heavy atom. The third-order valence-electron chi connectivity index (χ3n) is 7.31. The number of rotatable bonds is 8. The lowest BCUT2D eigenvalue weighted by Gasteiger charge is -2.24. The molecule has 0 spiro atoms. The fourth-order valence-electron chi connectivity index (χ4n) is 5.35. The molecular formula is C29H33N3O5S. The molecule has 38 heavy (non-hydrogen) atoms. The summed E-state index contributed by atoms with van der Waals surface area (Å²) in [6, 6.07) is 20.1. The molecule has 0 saturated carbocycles. The first-order chi connectivity index (χ1) is 18.4. The van der Waals surface area contributed by atoms with Crippen molar-refractivity contribution in [2.75, 3.05) is 26.7 Å². The molecule has 1 aromatic heterocycles. The zero-order valence-electron chi connectivity index (χ0n) is 21.7. The minimum absolute atomic E-state index is 0.0517. The number of pyridine rings is 1. The molecule has 1 amide bonds. The molecule has 2 aliphatic heterocycles. The van der Waals surface area contributed by atoms with E-state index < -0.39 is 10.0 Å². The largest absolute Gasteiger partial charge is 0.486 e. The van der Waals surface area contributed by atoms with Crippen molar-refractivity contribution in [3.8, 4) is 5.75 Å². The Bertz CT molecular complexity index is 1380. The zero-order valence-corrected chi connectivity index (χ0v) is 22.5. The highest BCUT2D eigenvalue weighted by Gasteiger charge is 2.38. The van der Waals surface area contributed by atoms with Gasteiger partial charge in [0.25, 0.3) is 5.91 Å². The summed E-state index contributed by atoms with van der Waals surface area (Å²) in [5.74, 6) is 0.380. The van der Waals surface area contributed by atoms with E-state index in [0.29, 0.717) is 36.5 Å². The Morgan fingerprint density at radius 1 is 1.03 bits per heavy atom. The quantitative estimate of drug-likeness (QED) is 0.434. The maximum Gasteiger partial charge on any atom is 0.254 e. The number of methoxy groups -OCH3 is 1. The van der Waals surface area contributed by atoms with Crippen LogP contribution in [0.1, 0.15) is 46.1 Å². The van der Waals surface area contributed by atoms with Crippen LogP contribution in [0.3, 0.4) is 0 Å². The Morgan fingerprint density at radius 2 is 1.82 bits per heavy atom. The number of hydrogen-bond donors (Lipinski definition) is 0. The first-order valence-electron chi connectivity index (χ1n) is 12.9. The van der Waals surface area contributed by atoms with Crippen LogP contribution in [0.15, 0.2) is 72.9 Å². The van der Waals surface area contributed by atoms with Crippen molar-refractivity contribution >= 4 is 15.9 Å². The van der Waals surface area contributed by atoms with Crippen LogP contribution in [-0.4, -0.2) is 67.5 Å². The van der Waals surface area contributed by atoms with E-state index >= 15 is 0 Å². The van der Waals surface area contributed by atoms with Crippen molar-refractivity contribution in [2.45, 2.75) is 43.8 Å². The zero-order chi connectivity index (χ0) is 26.7. The van der Waals surface area contributed by atoms with E-state index in [0.717, 1.165) is 24.1 Å². The maximum atomic E-state index is 13.4. The van der Waals surface area contributed by atoms with Gasteiger partial charge in [-0.25, -0.2) is 8.42 Å². The van der Waals surface area contributed by atoms with Crippen molar-refractivity contribution in [1.29, 1.82) is 0 Å². The third kappa shape index (κ3) is 5.60. The standard InChI is InChI=1S/C29H33N3O5S/c1-21-9-3-4-12-24(21)29(33)31-18-27(36-2)28(19-31)37-23-11-7-10-22(17-23)20-38(34,35)32-16-8-14-26(32)25-13-5-6-15-30-25/h3-7,9-13,15,17,26-28H,8,14,16,18-20H2,1-2H3/t26?,27-,28-/m1/s1. The fourth-order valence-corrected chi connectivity index (χ4v) is 7.13. The molecule has 3 heterocycles. The molecule has 5 rings (SSSR count). The van der Waals surface area contributed by atoms with Crippen LogP contribution in [0.2, 0.25) is 0 Å². The molecule has 2 aromatic carbocycles. The normalized spacial score (nSPS) is 22.1. The first kappa shape index (κ1) is 26.3. The van der Waals surface area contributed by atoms with E-state index in [1.807, 2.05) is 49.4 Å². The first-order valence-corrected chi connectivity index (χ1v) is 14.5. The highest BCUT2D eigenvalue weighted by Crippen LogP contribution is 2.34. The Kier molecular flexibility index (Phi) is 7.78. The number of nitrogens with zero attached hydrogens (tertiary/aromatic N) is 3. The average Bonchev–Trinajstić information content (AvgIpc) is 3.57. The van der Waals surface area contributed by atoms with Gasteiger partial charge in [-0.3, -0.25) is 9.78 Å². The van der Waals surface area contributed by atoms with Gasteiger partial charge in [0.15, 0.2) is 0 Å². The van der Waals surface area contributed by atoms with Crippen LogP contribution in [0, 0.1) is 6.92 Å². The molecule has 8 nitrogen and oxygen atoms in total. The van der Waals surface area contributed by atoms with E-state index in [1.54, 1.807) is 46.8 Å². The van der Waals surface area contributed by atoms with E-state index in [4.69, 9.17) is 9.47 Å².